The largest absolute Gasteiger partial charge is 0.327 e. The molecule has 0 bridgehead atoms. The van der Waals surface area contributed by atoms with Crippen molar-refractivity contribution in [3.05, 3.63) is 34.6 Å². The molecule has 0 saturated heterocycles. The summed E-state index contributed by atoms with van der Waals surface area (Å²) in [6.07, 6.45) is 0. The third-order valence-electron chi connectivity index (χ3n) is 3.15. The Morgan fingerprint density at radius 1 is 1.36 bits per heavy atom. The SMILES string of the molecule is CC1(C)[C@H](N)[C@H]1c1cc(F)cc(Cl)c1. The van der Waals surface area contributed by atoms with Crippen molar-refractivity contribution in [2.75, 3.05) is 0 Å². The van der Waals surface area contributed by atoms with Gasteiger partial charge in [-0.1, -0.05) is 25.4 Å². The lowest BCUT2D eigenvalue weighted by atomic mass is 10.0. The molecule has 0 amide bonds. The van der Waals surface area contributed by atoms with Gasteiger partial charge in [0.15, 0.2) is 0 Å². The van der Waals surface area contributed by atoms with E-state index in [-0.39, 0.29) is 23.2 Å². The molecule has 14 heavy (non-hydrogen) atoms. The van der Waals surface area contributed by atoms with Crippen molar-refractivity contribution in [3.8, 4) is 0 Å². The molecule has 0 radical (unpaired) electrons. The summed E-state index contributed by atoms with van der Waals surface area (Å²) in [5.41, 5.74) is 6.89. The Balaban J connectivity index is 2.35. The molecule has 2 N–H and O–H groups in total. The summed E-state index contributed by atoms with van der Waals surface area (Å²) in [7, 11) is 0. The maximum atomic E-state index is 13.1. The van der Waals surface area contributed by atoms with Crippen molar-refractivity contribution in [3.63, 3.8) is 0 Å². The molecule has 76 valence electrons. The quantitative estimate of drug-likeness (QED) is 0.763. The smallest absolute Gasteiger partial charge is 0.124 e. The summed E-state index contributed by atoms with van der Waals surface area (Å²) in [5, 5.41) is 0.440. The number of halogens is 2. The number of nitrogens with two attached hydrogens (primary N) is 1. The number of hydrogen-bond donors (Lipinski definition) is 1. The lowest BCUT2D eigenvalue weighted by Crippen LogP contribution is -2.06. The van der Waals surface area contributed by atoms with E-state index in [9.17, 15) is 4.39 Å². The fraction of sp³-hybridized carbons (Fsp3) is 0.455. The van der Waals surface area contributed by atoms with Crippen LogP contribution in [-0.4, -0.2) is 6.04 Å². The topological polar surface area (TPSA) is 26.0 Å². The van der Waals surface area contributed by atoms with E-state index in [0.29, 0.717) is 5.02 Å². The van der Waals surface area contributed by atoms with Gasteiger partial charge in [-0.25, -0.2) is 4.39 Å². The monoisotopic (exact) mass is 213 g/mol. The van der Waals surface area contributed by atoms with Gasteiger partial charge >= 0.3 is 0 Å². The van der Waals surface area contributed by atoms with Crippen LogP contribution in [0.15, 0.2) is 18.2 Å². The molecule has 1 aliphatic carbocycles. The average molecular weight is 214 g/mol. The Morgan fingerprint density at radius 2 is 1.93 bits per heavy atom. The molecule has 1 nitrogen and oxygen atoms in total. The van der Waals surface area contributed by atoms with Gasteiger partial charge in [0, 0.05) is 17.0 Å². The van der Waals surface area contributed by atoms with Crippen molar-refractivity contribution in [1.29, 1.82) is 0 Å². The highest BCUT2D eigenvalue weighted by Gasteiger charge is 2.56. The van der Waals surface area contributed by atoms with Crippen molar-refractivity contribution in [1.82, 2.24) is 0 Å². The molecular formula is C11H13ClFN. The Kier molecular flexibility index (Phi) is 2.09. The van der Waals surface area contributed by atoms with Gasteiger partial charge in [0.25, 0.3) is 0 Å². The van der Waals surface area contributed by atoms with Crippen LogP contribution < -0.4 is 5.73 Å². The highest BCUT2D eigenvalue weighted by molar-refractivity contribution is 6.30. The Labute approximate surface area is 88.1 Å². The average Bonchev–Trinajstić information content (AvgIpc) is 2.48. The lowest BCUT2D eigenvalue weighted by molar-refractivity contribution is 0.594. The van der Waals surface area contributed by atoms with E-state index < -0.39 is 0 Å². The van der Waals surface area contributed by atoms with E-state index in [1.807, 2.05) is 0 Å². The van der Waals surface area contributed by atoms with E-state index >= 15 is 0 Å². The highest BCUT2D eigenvalue weighted by atomic mass is 35.5. The second-order valence-corrected chi connectivity index (χ2v) is 4.96. The van der Waals surface area contributed by atoms with Gasteiger partial charge in [-0.2, -0.15) is 0 Å². The third kappa shape index (κ3) is 1.43. The van der Waals surface area contributed by atoms with E-state index in [0.717, 1.165) is 5.56 Å². The van der Waals surface area contributed by atoms with Crippen LogP contribution in [0.2, 0.25) is 5.02 Å². The summed E-state index contributed by atoms with van der Waals surface area (Å²) >= 11 is 5.78. The maximum absolute atomic E-state index is 13.1. The Bertz CT molecular complexity index is 355. The molecular weight excluding hydrogens is 201 g/mol. The standard InChI is InChI=1S/C11H13ClFN/c1-11(2)9(10(11)14)6-3-7(12)5-8(13)4-6/h3-5,9-10H,14H2,1-2H3/t9-,10-/m1/s1. The number of rotatable bonds is 1. The molecule has 1 aromatic carbocycles. The van der Waals surface area contributed by atoms with Gasteiger partial charge in [-0.05, 0) is 29.2 Å². The zero-order valence-electron chi connectivity index (χ0n) is 8.22. The Hall–Kier alpha value is -0.600. The van der Waals surface area contributed by atoms with Crippen LogP contribution in [0.25, 0.3) is 0 Å². The fourth-order valence-electron chi connectivity index (χ4n) is 2.07. The molecule has 0 unspecified atom stereocenters. The van der Waals surface area contributed by atoms with Crippen molar-refractivity contribution in [2.24, 2.45) is 11.1 Å². The first-order valence-electron chi connectivity index (χ1n) is 4.64. The van der Waals surface area contributed by atoms with Crippen LogP contribution in [0.3, 0.4) is 0 Å². The molecule has 0 heterocycles. The van der Waals surface area contributed by atoms with Crippen LogP contribution in [-0.2, 0) is 0 Å². The summed E-state index contributed by atoms with van der Waals surface area (Å²) in [4.78, 5) is 0. The van der Waals surface area contributed by atoms with Gasteiger partial charge in [0.1, 0.15) is 5.82 Å². The van der Waals surface area contributed by atoms with Crippen LogP contribution in [0.5, 0.6) is 0 Å². The minimum atomic E-state index is -0.289. The van der Waals surface area contributed by atoms with Crippen molar-refractivity contribution < 1.29 is 4.39 Å². The van der Waals surface area contributed by atoms with Crippen molar-refractivity contribution >= 4 is 11.6 Å². The summed E-state index contributed by atoms with van der Waals surface area (Å²) < 4.78 is 13.1. The normalized spacial score (nSPS) is 28.9. The molecule has 0 aromatic heterocycles. The molecule has 1 saturated carbocycles. The first kappa shape index (κ1) is 9.94. The predicted molar refractivity (Wildman–Crippen MR) is 55.9 cm³/mol. The van der Waals surface area contributed by atoms with Gasteiger partial charge < -0.3 is 5.73 Å². The molecule has 2 atom stereocenters. The van der Waals surface area contributed by atoms with E-state index in [2.05, 4.69) is 13.8 Å². The predicted octanol–water partition coefficient (Wildman–Crippen LogP) is 2.93. The molecule has 2 rings (SSSR count). The maximum Gasteiger partial charge on any atom is 0.124 e. The first-order chi connectivity index (χ1) is 6.43. The lowest BCUT2D eigenvalue weighted by Gasteiger charge is -2.03. The van der Waals surface area contributed by atoms with Gasteiger partial charge in [-0.15, -0.1) is 0 Å². The molecule has 0 aliphatic heterocycles. The third-order valence-corrected chi connectivity index (χ3v) is 3.37. The van der Waals surface area contributed by atoms with Crippen LogP contribution in [0, 0.1) is 11.2 Å². The van der Waals surface area contributed by atoms with Gasteiger partial charge in [0.05, 0.1) is 0 Å². The summed E-state index contributed by atoms with van der Waals surface area (Å²) in [6.45, 7) is 4.17. The minimum Gasteiger partial charge on any atom is -0.327 e. The molecule has 1 fully saturated rings. The first-order valence-corrected chi connectivity index (χ1v) is 5.02. The van der Waals surface area contributed by atoms with Gasteiger partial charge in [0.2, 0.25) is 0 Å². The van der Waals surface area contributed by atoms with E-state index in [1.54, 1.807) is 6.07 Å². The highest BCUT2D eigenvalue weighted by Crippen LogP contribution is 2.57. The zero-order chi connectivity index (χ0) is 10.5. The van der Waals surface area contributed by atoms with Crippen molar-refractivity contribution in [2.45, 2.75) is 25.8 Å². The second kappa shape index (κ2) is 2.94. The molecule has 0 spiro atoms. The van der Waals surface area contributed by atoms with Crippen LogP contribution in [0.1, 0.15) is 25.3 Å². The van der Waals surface area contributed by atoms with Gasteiger partial charge in [-0.3, -0.25) is 0 Å². The molecule has 3 heteroatoms. The molecule has 1 aromatic rings. The Morgan fingerprint density at radius 3 is 2.36 bits per heavy atom. The fourth-order valence-corrected chi connectivity index (χ4v) is 2.30. The van der Waals surface area contributed by atoms with Crippen LogP contribution in [0.4, 0.5) is 4.39 Å². The van der Waals surface area contributed by atoms with E-state index in [4.69, 9.17) is 17.3 Å². The second-order valence-electron chi connectivity index (χ2n) is 4.53. The zero-order valence-corrected chi connectivity index (χ0v) is 8.98. The minimum absolute atomic E-state index is 0.0666. The summed E-state index contributed by atoms with van der Waals surface area (Å²) in [5.74, 6) is -0.0573. The molecule has 1 aliphatic rings. The number of benzene rings is 1. The summed E-state index contributed by atoms with van der Waals surface area (Å²) in [6, 6.07) is 4.74. The van der Waals surface area contributed by atoms with Crippen LogP contribution >= 0.6 is 11.6 Å². The van der Waals surface area contributed by atoms with E-state index in [1.165, 1.54) is 12.1 Å². The number of hydrogen-bond acceptors (Lipinski definition) is 1.